The molecule has 1 aliphatic rings. The van der Waals surface area contributed by atoms with Gasteiger partial charge in [-0.2, -0.15) is 0 Å². The second kappa shape index (κ2) is 6.37. The first-order valence-electron chi connectivity index (χ1n) is 6.86. The van der Waals surface area contributed by atoms with Crippen molar-refractivity contribution in [3.05, 3.63) is 28.8 Å². The van der Waals surface area contributed by atoms with E-state index in [0.29, 0.717) is 12.6 Å². The molecular weight excluding hydrogens is 240 g/mol. The third kappa shape index (κ3) is 3.26. The van der Waals surface area contributed by atoms with Gasteiger partial charge in [-0.1, -0.05) is 6.07 Å². The molecule has 1 atom stereocenters. The van der Waals surface area contributed by atoms with E-state index in [9.17, 15) is 0 Å². The lowest BCUT2D eigenvalue weighted by Gasteiger charge is -2.32. The van der Waals surface area contributed by atoms with Crippen LogP contribution in [0.2, 0.25) is 0 Å². The van der Waals surface area contributed by atoms with Gasteiger partial charge in [0.05, 0.1) is 13.7 Å². The molecule has 0 saturated carbocycles. The molecule has 0 amide bonds. The summed E-state index contributed by atoms with van der Waals surface area (Å²) in [5.74, 6) is 0.937. The lowest BCUT2D eigenvalue weighted by atomic mass is 9.93. The van der Waals surface area contributed by atoms with E-state index in [4.69, 9.17) is 9.84 Å². The van der Waals surface area contributed by atoms with Crippen LogP contribution in [0.25, 0.3) is 0 Å². The van der Waals surface area contributed by atoms with Gasteiger partial charge >= 0.3 is 0 Å². The van der Waals surface area contributed by atoms with Gasteiger partial charge in [0.1, 0.15) is 5.75 Å². The number of likely N-dealkylation sites (N-methyl/N-ethyl adjacent to an activating group) is 1. The van der Waals surface area contributed by atoms with Gasteiger partial charge in [-0.3, -0.25) is 4.90 Å². The molecule has 2 rings (SSSR count). The third-order valence-electron chi connectivity index (χ3n) is 3.89. The largest absolute Gasteiger partial charge is 0.496 e. The average Bonchev–Trinajstić information content (AvgIpc) is 2.40. The smallest absolute Gasteiger partial charge is 0.123 e. The van der Waals surface area contributed by atoms with Crippen molar-refractivity contribution >= 4 is 0 Å². The van der Waals surface area contributed by atoms with E-state index in [0.717, 1.165) is 25.3 Å². The van der Waals surface area contributed by atoms with Crippen LogP contribution in [-0.4, -0.2) is 43.4 Å². The van der Waals surface area contributed by atoms with Crippen molar-refractivity contribution in [2.24, 2.45) is 0 Å². The molecule has 0 saturated heterocycles. The van der Waals surface area contributed by atoms with Crippen LogP contribution in [-0.2, 0) is 19.5 Å². The number of aliphatic hydroxyl groups is 1. The van der Waals surface area contributed by atoms with Crippen LogP contribution in [0, 0.1) is 0 Å². The number of nitrogens with one attached hydrogen (secondary N) is 1. The first kappa shape index (κ1) is 14.3. The van der Waals surface area contributed by atoms with Gasteiger partial charge < -0.3 is 15.2 Å². The van der Waals surface area contributed by atoms with Crippen molar-refractivity contribution in [3.63, 3.8) is 0 Å². The molecule has 0 fully saturated rings. The fourth-order valence-corrected chi connectivity index (χ4v) is 2.58. The molecule has 0 bridgehead atoms. The van der Waals surface area contributed by atoms with E-state index in [2.05, 4.69) is 36.3 Å². The number of methoxy groups -OCH3 is 1. The normalized spacial score (nSPS) is 19.3. The highest BCUT2D eigenvalue weighted by atomic mass is 16.5. The van der Waals surface area contributed by atoms with E-state index < -0.39 is 0 Å². The predicted molar refractivity (Wildman–Crippen MR) is 76.4 cm³/mol. The fourth-order valence-electron chi connectivity index (χ4n) is 2.58. The topological polar surface area (TPSA) is 44.7 Å². The number of nitrogens with zero attached hydrogens (tertiary/aromatic N) is 1. The number of ether oxygens (including phenoxy) is 1. The van der Waals surface area contributed by atoms with E-state index in [-0.39, 0.29) is 6.61 Å². The molecule has 0 radical (unpaired) electrons. The number of aliphatic hydroxyl groups excluding tert-OH is 1. The van der Waals surface area contributed by atoms with Crippen molar-refractivity contribution in [3.8, 4) is 5.75 Å². The summed E-state index contributed by atoms with van der Waals surface area (Å²) in [6, 6.07) is 4.99. The average molecular weight is 264 g/mol. The molecule has 0 aromatic heterocycles. The Balaban J connectivity index is 2.22. The van der Waals surface area contributed by atoms with Crippen LogP contribution in [0.3, 0.4) is 0 Å². The minimum atomic E-state index is 0.162. The summed E-state index contributed by atoms with van der Waals surface area (Å²) >= 11 is 0. The standard InChI is InChI=1S/C15H24N2O2/c1-11-6-12-7-13(9-16-4-5-18)15(19-3)8-14(12)10-17(11)2/h7-8,11,16,18H,4-6,9-10H2,1-3H3. The second-order valence-corrected chi connectivity index (χ2v) is 5.30. The number of benzene rings is 1. The van der Waals surface area contributed by atoms with Gasteiger partial charge in [0.25, 0.3) is 0 Å². The number of hydrogen-bond acceptors (Lipinski definition) is 4. The molecule has 106 valence electrons. The molecular formula is C15H24N2O2. The second-order valence-electron chi connectivity index (χ2n) is 5.30. The zero-order valence-electron chi connectivity index (χ0n) is 12.1. The molecule has 0 spiro atoms. The summed E-state index contributed by atoms with van der Waals surface area (Å²) in [7, 11) is 3.88. The maximum atomic E-state index is 8.83. The zero-order valence-corrected chi connectivity index (χ0v) is 12.1. The first-order valence-corrected chi connectivity index (χ1v) is 6.86. The maximum absolute atomic E-state index is 8.83. The summed E-state index contributed by atoms with van der Waals surface area (Å²) in [5, 5.41) is 12.0. The molecule has 4 nitrogen and oxygen atoms in total. The lowest BCUT2D eigenvalue weighted by Crippen LogP contribution is -2.35. The van der Waals surface area contributed by atoms with Gasteiger partial charge in [0, 0.05) is 31.2 Å². The number of rotatable bonds is 5. The minimum absolute atomic E-state index is 0.162. The summed E-state index contributed by atoms with van der Waals surface area (Å²) in [6.45, 7) is 4.75. The third-order valence-corrected chi connectivity index (χ3v) is 3.89. The molecule has 1 aliphatic heterocycles. The van der Waals surface area contributed by atoms with Crippen molar-refractivity contribution in [1.29, 1.82) is 0 Å². The summed E-state index contributed by atoms with van der Waals surface area (Å²) in [5.41, 5.74) is 3.96. The van der Waals surface area contributed by atoms with Crippen LogP contribution in [0.5, 0.6) is 5.75 Å². The highest BCUT2D eigenvalue weighted by molar-refractivity contribution is 5.44. The van der Waals surface area contributed by atoms with E-state index in [1.165, 1.54) is 16.7 Å². The van der Waals surface area contributed by atoms with Crippen LogP contribution < -0.4 is 10.1 Å². The van der Waals surface area contributed by atoms with E-state index >= 15 is 0 Å². The molecule has 1 aromatic rings. The van der Waals surface area contributed by atoms with Gasteiger partial charge in [-0.25, -0.2) is 0 Å². The Morgan fingerprint density at radius 2 is 2.21 bits per heavy atom. The number of fused-ring (bicyclic) bond motifs is 1. The van der Waals surface area contributed by atoms with Crippen LogP contribution in [0.1, 0.15) is 23.6 Å². The molecule has 4 heteroatoms. The summed E-state index contributed by atoms with van der Waals surface area (Å²) in [6.07, 6.45) is 1.09. The van der Waals surface area contributed by atoms with E-state index in [1.807, 2.05) is 0 Å². The minimum Gasteiger partial charge on any atom is -0.496 e. The summed E-state index contributed by atoms with van der Waals surface area (Å²) in [4.78, 5) is 2.37. The molecule has 0 aliphatic carbocycles. The van der Waals surface area contributed by atoms with Crippen LogP contribution >= 0.6 is 0 Å². The Morgan fingerprint density at radius 1 is 1.42 bits per heavy atom. The Hall–Kier alpha value is -1.10. The Labute approximate surface area is 115 Å². The molecule has 2 N–H and O–H groups in total. The molecule has 1 heterocycles. The van der Waals surface area contributed by atoms with Crippen LogP contribution in [0.4, 0.5) is 0 Å². The van der Waals surface area contributed by atoms with Crippen molar-refractivity contribution in [2.75, 3.05) is 27.3 Å². The zero-order chi connectivity index (χ0) is 13.8. The first-order chi connectivity index (χ1) is 9.15. The van der Waals surface area contributed by atoms with Gasteiger partial charge in [-0.05, 0) is 37.6 Å². The van der Waals surface area contributed by atoms with Gasteiger partial charge in [0.15, 0.2) is 0 Å². The van der Waals surface area contributed by atoms with E-state index in [1.54, 1.807) is 7.11 Å². The Morgan fingerprint density at radius 3 is 2.89 bits per heavy atom. The van der Waals surface area contributed by atoms with Crippen LogP contribution in [0.15, 0.2) is 12.1 Å². The SMILES string of the molecule is COc1cc2c(cc1CNCCO)CC(C)N(C)C2. The summed E-state index contributed by atoms with van der Waals surface area (Å²) < 4.78 is 5.48. The van der Waals surface area contributed by atoms with Crippen molar-refractivity contribution < 1.29 is 9.84 Å². The molecule has 1 aromatic carbocycles. The van der Waals surface area contributed by atoms with Gasteiger partial charge in [0.2, 0.25) is 0 Å². The van der Waals surface area contributed by atoms with Crippen molar-refractivity contribution in [2.45, 2.75) is 32.5 Å². The fraction of sp³-hybridized carbons (Fsp3) is 0.600. The quantitative estimate of drug-likeness (QED) is 0.783. The molecule has 19 heavy (non-hydrogen) atoms. The maximum Gasteiger partial charge on any atom is 0.123 e. The number of hydrogen-bond donors (Lipinski definition) is 2. The molecule has 1 unspecified atom stereocenters. The monoisotopic (exact) mass is 264 g/mol. The Kier molecular flexibility index (Phi) is 4.80. The Bertz CT molecular complexity index is 434. The van der Waals surface area contributed by atoms with Crippen molar-refractivity contribution in [1.82, 2.24) is 10.2 Å². The van der Waals surface area contributed by atoms with Gasteiger partial charge in [-0.15, -0.1) is 0 Å². The highest BCUT2D eigenvalue weighted by Gasteiger charge is 2.21. The lowest BCUT2D eigenvalue weighted by molar-refractivity contribution is 0.230. The predicted octanol–water partition coefficient (Wildman–Crippen LogP) is 1.15. The highest BCUT2D eigenvalue weighted by Crippen LogP contribution is 2.29.